The van der Waals surface area contributed by atoms with E-state index in [1.165, 1.54) is 12.8 Å². The van der Waals surface area contributed by atoms with Crippen LogP contribution in [0.25, 0.3) is 0 Å². The molecule has 0 aliphatic heterocycles. The van der Waals surface area contributed by atoms with E-state index in [2.05, 4.69) is 20.0 Å². The molecule has 0 aromatic carbocycles. The summed E-state index contributed by atoms with van der Waals surface area (Å²) in [5.41, 5.74) is 0. The van der Waals surface area contributed by atoms with Crippen LogP contribution in [-0.4, -0.2) is 31.2 Å². The fourth-order valence-corrected chi connectivity index (χ4v) is 1.14. The quantitative estimate of drug-likeness (QED) is 0.378. The van der Waals surface area contributed by atoms with Crippen LogP contribution in [0.1, 0.15) is 12.8 Å². The van der Waals surface area contributed by atoms with Crippen LogP contribution < -0.4 is 0 Å². The second kappa shape index (κ2) is 2.04. The van der Waals surface area contributed by atoms with Gasteiger partial charge < -0.3 is 4.48 Å². The van der Waals surface area contributed by atoms with E-state index >= 15 is 0 Å². The van der Waals surface area contributed by atoms with Crippen molar-refractivity contribution in [2.45, 2.75) is 18.9 Å². The minimum Gasteiger partial charge on any atom is -0.316 e. The van der Waals surface area contributed by atoms with Gasteiger partial charge in [0.05, 0.1) is 20.1 Å². The number of quaternary nitrogens is 1. The molecule has 0 bridgehead atoms. The predicted molar refractivity (Wildman–Crippen MR) is 38.8 cm³/mol. The van der Waals surface area contributed by atoms with Crippen LogP contribution in [0.15, 0.2) is 0 Å². The largest absolute Gasteiger partial charge is 0.316 e. The molecule has 0 atom stereocenters. The molecule has 0 heterocycles. The Hall–Kier alpha value is -0.480. The molecule has 1 heteroatoms. The van der Waals surface area contributed by atoms with Gasteiger partial charge in [-0.2, -0.15) is 0 Å². The van der Waals surface area contributed by atoms with Crippen molar-refractivity contribution in [3.8, 4) is 12.3 Å². The lowest BCUT2D eigenvalue weighted by atomic mass is 10.4. The summed E-state index contributed by atoms with van der Waals surface area (Å²) in [6, 6.07) is 0.862. The standard InChI is InChI=1S/C8H14N/c1-4-7-9(2,3)8-5-6-8/h1,8H,5-7H2,2-3H3/q+1. The van der Waals surface area contributed by atoms with Gasteiger partial charge in [0, 0.05) is 12.8 Å². The fourth-order valence-electron chi connectivity index (χ4n) is 1.14. The number of terminal acetylenes is 1. The fraction of sp³-hybridized carbons (Fsp3) is 0.750. The summed E-state index contributed by atoms with van der Waals surface area (Å²) >= 11 is 0. The average Bonchev–Trinajstić information content (AvgIpc) is 2.41. The van der Waals surface area contributed by atoms with Gasteiger partial charge in [-0.25, -0.2) is 0 Å². The van der Waals surface area contributed by atoms with E-state index in [1.54, 1.807) is 0 Å². The molecule has 1 saturated carbocycles. The van der Waals surface area contributed by atoms with Crippen molar-refractivity contribution in [3.05, 3.63) is 0 Å². The topological polar surface area (TPSA) is 0 Å². The van der Waals surface area contributed by atoms with Gasteiger partial charge in [-0.15, -0.1) is 6.42 Å². The molecule has 0 spiro atoms. The molecule has 0 aromatic heterocycles. The van der Waals surface area contributed by atoms with E-state index < -0.39 is 0 Å². The highest BCUT2D eigenvalue weighted by Gasteiger charge is 2.37. The van der Waals surface area contributed by atoms with Crippen LogP contribution in [0.2, 0.25) is 0 Å². The first-order valence-corrected chi connectivity index (χ1v) is 3.43. The molecular formula is C8H14N+. The molecule has 9 heavy (non-hydrogen) atoms. The molecular weight excluding hydrogens is 110 g/mol. The van der Waals surface area contributed by atoms with Gasteiger partial charge >= 0.3 is 0 Å². The molecule has 0 unspecified atom stereocenters. The Labute approximate surface area is 57.3 Å². The van der Waals surface area contributed by atoms with Crippen LogP contribution >= 0.6 is 0 Å². The van der Waals surface area contributed by atoms with E-state index in [0.717, 1.165) is 17.1 Å². The Bertz CT molecular complexity index is 137. The van der Waals surface area contributed by atoms with Gasteiger partial charge in [0.25, 0.3) is 0 Å². The molecule has 50 valence electrons. The maximum absolute atomic E-state index is 5.21. The van der Waals surface area contributed by atoms with Crippen molar-refractivity contribution in [1.29, 1.82) is 0 Å². The number of hydrogen-bond acceptors (Lipinski definition) is 0. The van der Waals surface area contributed by atoms with E-state index in [0.29, 0.717) is 0 Å². The molecule has 0 N–H and O–H groups in total. The van der Waals surface area contributed by atoms with Gasteiger partial charge in [0.1, 0.15) is 6.54 Å². The van der Waals surface area contributed by atoms with Crippen LogP contribution in [0.3, 0.4) is 0 Å². The summed E-state index contributed by atoms with van der Waals surface area (Å²) in [5.74, 6) is 2.70. The molecule has 1 fully saturated rings. The Morgan fingerprint density at radius 1 is 1.56 bits per heavy atom. The Morgan fingerprint density at radius 2 is 2.11 bits per heavy atom. The van der Waals surface area contributed by atoms with E-state index in [1.807, 2.05) is 0 Å². The summed E-state index contributed by atoms with van der Waals surface area (Å²) in [5, 5.41) is 0. The normalized spacial score (nSPS) is 19.2. The molecule has 0 amide bonds. The molecule has 0 aromatic rings. The lowest BCUT2D eigenvalue weighted by Gasteiger charge is -2.26. The molecule has 1 aliphatic rings. The van der Waals surface area contributed by atoms with Crippen molar-refractivity contribution in [2.24, 2.45) is 0 Å². The summed E-state index contributed by atoms with van der Waals surface area (Å²) in [7, 11) is 4.41. The van der Waals surface area contributed by atoms with Crippen molar-refractivity contribution >= 4 is 0 Å². The Morgan fingerprint density at radius 3 is 2.44 bits per heavy atom. The Balaban J connectivity index is 2.41. The second-order valence-electron chi connectivity index (χ2n) is 3.37. The first-order valence-electron chi connectivity index (χ1n) is 3.43. The average molecular weight is 124 g/mol. The van der Waals surface area contributed by atoms with Gasteiger partial charge in [0.2, 0.25) is 0 Å². The Kier molecular flexibility index (Phi) is 1.50. The molecule has 0 radical (unpaired) electrons. The van der Waals surface area contributed by atoms with Gasteiger partial charge in [-0.05, 0) is 5.92 Å². The van der Waals surface area contributed by atoms with Crippen molar-refractivity contribution in [3.63, 3.8) is 0 Å². The van der Waals surface area contributed by atoms with E-state index in [-0.39, 0.29) is 0 Å². The zero-order valence-electron chi connectivity index (χ0n) is 6.22. The number of nitrogens with zero attached hydrogens (tertiary/aromatic N) is 1. The molecule has 1 aliphatic carbocycles. The van der Waals surface area contributed by atoms with Gasteiger partial charge in [0.15, 0.2) is 0 Å². The van der Waals surface area contributed by atoms with Crippen molar-refractivity contribution in [1.82, 2.24) is 0 Å². The lowest BCUT2D eigenvalue weighted by molar-refractivity contribution is -0.894. The maximum atomic E-state index is 5.21. The molecule has 1 nitrogen and oxygen atoms in total. The van der Waals surface area contributed by atoms with Gasteiger partial charge in [-0.1, -0.05) is 0 Å². The smallest absolute Gasteiger partial charge is 0.140 e. The molecule has 1 rings (SSSR count). The first kappa shape index (κ1) is 6.64. The van der Waals surface area contributed by atoms with Crippen LogP contribution in [-0.2, 0) is 0 Å². The van der Waals surface area contributed by atoms with E-state index in [9.17, 15) is 0 Å². The third kappa shape index (κ3) is 1.46. The second-order valence-corrected chi connectivity index (χ2v) is 3.37. The van der Waals surface area contributed by atoms with Crippen LogP contribution in [0, 0.1) is 12.3 Å². The highest BCUT2D eigenvalue weighted by molar-refractivity contribution is 4.86. The third-order valence-electron chi connectivity index (χ3n) is 2.03. The van der Waals surface area contributed by atoms with Crippen molar-refractivity contribution in [2.75, 3.05) is 20.6 Å². The summed E-state index contributed by atoms with van der Waals surface area (Å²) in [4.78, 5) is 0. The van der Waals surface area contributed by atoms with Crippen LogP contribution in [0.4, 0.5) is 0 Å². The summed E-state index contributed by atoms with van der Waals surface area (Å²) < 4.78 is 1.02. The summed E-state index contributed by atoms with van der Waals surface area (Å²) in [6.07, 6.45) is 7.95. The SMILES string of the molecule is C#CC[N+](C)(C)C1CC1. The summed E-state index contributed by atoms with van der Waals surface area (Å²) in [6.45, 7) is 0.880. The zero-order chi connectivity index (χ0) is 6.91. The number of hydrogen-bond donors (Lipinski definition) is 0. The van der Waals surface area contributed by atoms with E-state index in [4.69, 9.17) is 6.42 Å². The minimum atomic E-state index is 0.862. The van der Waals surface area contributed by atoms with Crippen LogP contribution in [0.5, 0.6) is 0 Å². The predicted octanol–water partition coefficient (Wildman–Crippen LogP) is 0.858. The zero-order valence-corrected chi connectivity index (χ0v) is 6.22. The number of rotatable bonds is 2. The first-order chi connectivity index (χ1) is 4.17. The lowest BCUT2D eigenvalue weighted by Crippen LogP contribution is -2.41. The third-order valence-corrected chi connectivity index (χ3v) is 2.03. The highest BCUT2D eigenvalue weighted by atomic mass is 15.3. The minimum absolute atomic E-state index is 0.862. The monoisotopic (exact) mass is 124 g/mol. The molecule has 0 saturated heterocycles. The maximum Gasteiger partial charge on any atom is 0.140 e. The van der Waals surface area contributed by atoms with Crippen molar-refractivity contribution < 1.29 is 4.48 Å². The van der Waals surface area contributed by atoms with Gasteiger partial charge in [-0.3, -0.25) is 0 Å². The highest BCUT2D eigenvalue weighted by Crippen LogP contribution is 2.29.